The van der Waals surface area contributed by atoms with Crippen LogP contribution in [0.2, 0.25) is 0 Å². The van der Waals surface area contributed by atoms with Crippen molar-refractivity contribution in [1.82, 2.24) is 5.32 Å². The van der Waals surface area contributed by atoms with E-state index in [2.05, 4.69) is 10.6 Å². The Bertz CT molecular complexity index is 818. The van der Waals surface area contributed by atoms with Gasteiger partial charge in [0.05, 0.1) is 18.3 Å². The molecule has 0 bridgehead atoms. The van der Waals surface area contributed by atoms with Gasteiger partial charge in [0.25, 0.3) is 11.8 Å². The molecule has 2 heterocycles. The molecule has 2 aliphatic rings. The van der Waals surface area contributed by atoms with Gasteiger partial charge in [0.1, 0.15) is 11.5 Å². The van der Waals surface area contributed by atoms with Gasteiger partial charge >= 0.3 is 0 Å². The molecule has 2 aromatic rings. The number of anilines is 1. The van der Waals surface area contributed by atoms with Gasteiger partial charge in [-0.05, 0) is 24.3 Å². The molecule has 1 atom stereocenters. The summed E-state index contributed by atoms with van der Waals surface area (Å²) >= 11 is 0. The fraction of sp³-hybridized carbons (Fsp3) is 0.222. The minimum Gasteiger partial charge on any atom is -0.493 e. The van der Waals surface area contributed by atoms with Gasteiger partial charge in [0, 0.05) is 17.5 Å². The Labute approximate surface area is 138 Å². The molecule has 2 aliphatic heterocycles. The van der Waals surface area contributed by atoms with E-state index >= 15 is 0 Å². The van der Waals surface area contributed by atoms with E-state index in [-0.39, 0.29) is 24.5 Å². The average Bonchev–Trinajstić information content (AvgIpc) is 2.61. The van der Waals surface area contributed by atoms with Crippen LogP contribution in [0, 0.1) is 0 Å². The lowest BCUT2D eigenvalue weighted by molar-refractivity contribution is -0.118. The third-order valence-electron chi connectivity index (χ3n) is 4.14. The standard InChI is InChI=1S/C18H16N2O4/c21-17-10-24-16-9-11(5-6-14(16)19-17)18(22)20-13-7-8-23-15-4-2-1-3-12(13)15/h1-6,9,13H,7-8,10H2,(H,19,21)(H,20,22). The lowest BCUT2D eigenvalue weighted by atomic mass is 10.00. The first-order chi connectivity index (χ1) is 11.7. The number of fused-ring (bicyclic) bond motifs is 2. The van der Waals surface area contributed by atoms with Crippen molar-refractivity contribution in [2.75, 3.05) is 18.5 Å². The van der Waals surface area contributed by atoms with Crippen molar-refractivity contribution < 1.29 is 19.1 Å². The highest BCUT2D eigenvalue weighted by Crippen LogP contribution is 2.32. The maximum Gasteiger partial charge on any atom is 0.262 e. The molecule has 122 valence electrons. The van der Waals surface area contributed by atoms with E-state index in [1.807, 2.05) is 24.3 Å². The third kappa shape index (κ3) is 2.67. The predicted octanol–water partition coefficient (Wildman–Crippen LogP) is 2.27. The summed E-state index contributed by atoms with van der Waals surface area (Å²) in [6.07, 6.45) is 0.722. The number of benzene rings is 2. The minimum atomic E-state index is -0.196. The van der Waals surface area contributed by atoms with E-state index in [1.165, 1.54) is 0 Å². The molecule has 6 nitrogen and oxygen atoms in total. The van der Waals surface area contributed by atoms with Crippen LogP contribution in [0.5, 0.6) is 11.5 Å². The first-order valence-corrected chi connectivity index (χ1v) is 7.80. The molecule has 1 unspecified atom stereocenters. The van der Waals surface area contributed by atoms with Gasteiger partial charge in [-0.15, -0.1) is 0 Å². The summed E-state index contributed by atoms with van der Waals surface area (Å²) in [7, 11) is 0. The number of para-hydroxylation sites is 1. The zero-order valence-electron chi connectivity index (χ0n) is 12.9. The molecule has 2 amide bonds. The van der Waals surface area contributed by atoms with Crippen LogP contribution in [0.25, 0.3) is 0 Å². The Hall–Kier alpha value is -3.02. The number of ether oxygens (including phenoxy) is 2. The fourth-order valence-electron chi connectivity index (χ4n) is 2.95. The van der Waals surface area contributed by atoms with E-state index in [0.29, 0.717) is 23.6 Å². The van der Waals surface area contributed by atoms with Gasteiger partial charge < -0.3 is 20.1 Å². The highest BCUT2D eigenvalue weighted by molar-refractivity contribution is 5.99. The zero-order valence-corrected chi connectivity index (χ0v) is 12.9. The van der Waals surface area contributed by atoms with Gasteiger partial charge in [-0.3, -0.25) is 9.59 Å². The van der Waals surface area contributed by atoms with E-state index < -0.39 is 0 Å². The summed E-state index contributed by atoms with van der Waals surface area (Å²) in [6, 6.07) is 12.6. The summed E-state index contributed by atoms with van der Waals surface area (Å²) in [5.41, 5.74) is 2.06. The molecule has 24 heavy (non-hydrogen) atoms. The van der Waals surface area contributed by atoms with Crippen LogP contribution in [0.1, 0.15) is 28.4 Å². The molecule has 0 radical (unpaired) electrons. The van der Waals surface area contributed by atoms with Crippen LogP contribution < -0.4 is 20.1 Å². The lowest BCUT2D eigenvalue weighted by Crippen LogP contribution is -2.32. The molecule has 0 saturated carbocycles. The van der Waals surface area contributed by atoms with Gasteiger partial charge in [-0.25, -0.2) is 0 Å². The predicted molar refractivity (Wildman–Crippen MR) is 87.3 cm³/mol. The van der Waals surface area contributed by atoms with Crippen molar-refractivity contribution in [3.8, 4) is 11.5 Å². The minimum absolute atomic E-state index is 0.0363. The number of carbonyl (C=O) groups excluding carboxylic acids is 2. The van der Waals surface area contributed by atoms with Gasteiger partial charge in [0.2, 0.25) is 0 Å². The summed E-state index contributed by atoms with van der Waals surface area (Å²) < 4.78 is 11.0. The second kappa shape index (κ2) is 5.88. The van der Waals surface area contributed by atoms with Crippen LogP contribution in [0.3, 0.4) is 0 Å². The number of hydrogen-bond acceptors (Lipinski definition) is 4. The molecular formula is C18H16N2O4. The molecule has 6 heteroatoms. The molecule has 2 aromatic carbocycles. The van der Waals surface area contributed by atoms with Crippen molar-refractivity contribution in [2.24, 2.45) is 0 Å². The Morgan fingerprint density at radius 1 is 1.12 bits per heavy atom. The van der Waals surface area contributed by atoms with E-state index in [9.17, 15) is 9.59 Å². The second-order valence-corrected chi connectivity index (χ2v) is 5.75. The quantitative estimate of drug-likeness (QED) is 0.888. The fourth-order valence-corrected chi connectivity index (χ4v) is 2.95. The van der Waals surface area contributed by atoms with Crippen molar-refractivity contribution in [3.05, 3.63) is 53.6 Å². The highest BCUT2D eigenvalue weighted by atomic mass is 16.5. The highest BCUT2D eigenvalue weighted by Gasteiger charge is 2.24. The molecule has 2 N–H and O–H groups in total. The number of nitrogens with one attached hydrogen (secondary N) is 2. The topological polar surface area (TPSA) is 76.7 Å². The molecule has 0 aromatic heterocycles. The second-order valence-electron chi connectivity index (χ2n) is 5.75. The average molecular weight is 324 g/mol. The van der Waals surface area contributed by atoms with Crippen LogP contribution in [0.4, 0.5) is 5.69 Å². The molecule has 4 rings (SSSR count). The third-order valence-corrected chi connectivity index (χ3v) is 4.14. The molecule has 0 spiro atoms. The largest absolute Gasteiger partial charge is 0.493 e. The number of hydrogen-bond donors (Lipinski definition) is 2. The van der Waals surface area contributed by atoms with Crippen molar-refractivity contribution in [3.63, 3.8) is 0 Å². The van der Waals surface area contributed by atoms with E-state index in [0.717, 1.165) is 17.7 Å². The summed E-state index contributed by atoms with van der Waals surface area (Å²) in [5.74, 6) is 0.943. The summed E-state index contributed by atoms with van der Waals surface area (Å²) in [5, 5.41) is 5.75. The number of rotatable bonds is 2. The zero-order chi connectivity index (χ0) is 16.5. The Kier molecular flexibility index (Phi) is 3.57. The summed E-state index contributed by atoms with van der Waals surface area (Å²) in [6.45, 7) is 0.534. The van der Waals surface area contributed by atoms with Gasteiger partial charge in [0.15, 0.2) is 6.61 Å². The maximum atomic E-state index is 12.6. The van der Waals surface area contributed by atoms with Crippen molar-refractivity contribution in [2.45, 2.75) is 12.5 Å². The molecule has 0 saturated heterocycles. The van der Waals surface area contributed by atoms with Crippen LogP contribution >= 0.6 is 0 Å². The van der Waals surface area contributed by atoms with Crippen LogP contribution in [-0.2, 0) is 4.79 Å². The number of amides is 2. The van der Waals surface area contributed by atoms with Crippen LogP contribution in [0.15, 0.2) is 42.5 Å². The van der Waals surface area contributed by atoms with E-state index in [4.69, 9.17) is 9.47 Å². The smallest absolute Gasteiger partial charge is 0.262 e. The van der Waals surface area contributed by atoms with Gasteiger partial charge in [-0.1, -0.05) is 18.2 Å². The lowest BCUT2D eigenvalue weighted by Gasteiger charge is -2.26. The Balaban J connectivity index is 1.54. The summed E-state index contributed by atoms with van der Waals surface area (Å²) in [4.78, 5) is 23.9. The van der Waals surface area contributed by atoms with Crippen molar-refractivity contribution in [1.29, 1.82) is 0 Å². The molecule has 0 fully saturated rings. The van der Waals surface area contributed by atoms with E-state index in [1.54, 1.807) is 18.2 Å². The SMILES string of the molecule is O=C1COc2cc(C(=O)NC3CCOc4ccccc43)ccc2N1. The number of carbonyl (C=O) groups is 2. The molecule has 0 aliphatic carbocycles. The first kappa shape index (κ1) is 14.6. The van der Waals surface area contributed by atoms with Crippen molar-refractivity contribution >= 4 is 17.5 Å². The molecular weight excluding hydrogens is 308 g/mol. The van der Waals surface area contributed by atoms with Gasteiger partial charge in [-0.2, -0.15) is 0 Å². The monoisotopic (exact) mass is 324 g/mol. The van der Waals surface area contributed by atoms with Crippen LogP contribution in [-0.4, -0.2) is 25.0 Å². The Morgan fingerprint density at radius 3 is 2.92 bits per heavy atom. The normalized spacial score (nSPS) is 18.3. The first-order valence-electron chi connectivity index (χ1n) is 7.80. The maximum absolute atomic E-state index is 12.6. The Morgan fingerprint density at radius 2 is 2.00 bits per heavy atom.